The van der Waals surface area contributed by atoms with Gasteiger partial charge in [-0.05, 0) is 26.0 Å². The molecular formula is C13H17NO3. The van der Waals surface area contributed by atoms with Crippen LogP contribution in [0.5, 0.6) is 11.5 Å². The van der Waals surface area contributed by atoms with Crippen LogP contribution in [0.4, 0.5) is 0 Å². The molecule has 92 valence electrons. The van der Waals surface area contributed by atoms with Gasteiger partial charge in [-0.3, -0.25) is 4.79 Å². The van der Waals surface area contributed by atoms with Gasteiger partial charge in [-0.25, -0.2) is 0 Å². The van der Waals surface area contributed by atoms with Gasteiger partial charge in [-0.15, -0.1) is 0 Å². The van der Waals surface area contributed by atoms with Crippen molar-refractivity contribution in [1.29, 1.82) is 0 Å². The van der Waals surface area contributed by atoms with E-state index >= 15 is 0 Å². The molecule has 1 rings (SSSR count). The second kappa shape index (κ2) is 5.94. The van der Waals surface area contributed by atoms with Crippen LogP contribution >= 0.6 is 0 Å². The molecule has 2 N–H and O–H groups in total. The molecule has 0 aliphatic rings. The van der Waals surface area contributed by atoms with Gasteiger partial charge in [-0.1, -0.05) is 11.6 Å². The number of phenols is 1. The van der Waals surface area contributed by atoms with Gasteiger partial charge in [0.15, 0.2) is 0 Å². The van der Waals surface area contributed by atoms with E-state index in [4.69, 9.17) is 4.74 Å². The SMILES string of the molecule is COc1ccc(C(=O)NCC=C(C)C)c(O)c1. The molecule has 4 heteroatoms. The Kier molecular flexibility index (Phi) is 4.57. The molecule has 0 fully saturated rings. The summed E-state index contributed by atoms with van der Waals surface area (Å²) in [5, 5.41) is 12.3. The van der Waals surface area contributed by atoms with E-state index in [1.165, 1.54) is 19.2 Å². The molecule has 1 aromatic rings. The second-order valence-corrected chi connectivity index (χ2v) is 3.87. The number of benzene rings is 1. The van der Waals surface area contributed by atoms with Gasteiger partial charge >= 0.3 is 0 Å². The first-order valence-corrected chi connectivity index (χ1v) is 5.33. The Balaban J connectivity index is 2.72. The Morgan fingerprint density at radius 2 is 2.18 bits per heavy atom. The minimum absolute atomic E-state index is 0.0842. The summed E-state index contributed by atoms with van der Waals surface area (Å²) in [7, 11) is 1.50. The minimum Gasteiger partial charge on any atom is -0.507 e. The summed E-state index contributed by atoms with van der Waals surface area (Å²) in [5.74, 6) is 0.130. The first kappa shape index (κ1) is 13.1. The van der Waals surface area contributed by atoms with Crippen LogP contribution in [0, 0.1) is 0 Å². The van der Waals surface area contributed by atoms with E-state index in [0.29, 0.717) is 12.3 Å². The molecule has 1 aromatic carbocycles. The molecule has 0 saturated heterocycles. The van der Waals surface area contributed by atoms with E-state index in [1.54, 1.807) is 6.07 Å². The highest BCUT2D eigenvalue weighted by Crippen LogP contribution is 2.23. The molecule has 0 atom stereocenters. The standard InChI is InChI=1S/C13H17NO3/c1-9(2)6-7-14-13(16)11-5-4-10(17-3)8-12(11)15/h4-6,8,15H,7H2,1-3H3,(H,14,16). The van der Waals surface area contributed by atoms with Crippen LogP contribution in [0.1, 0.15) is 24.2 Å². The number of aromatic hydroxyl groups is 1. The lowest BCUT2D eigenvalue weighted by molar-refractivity contribution is 0.0955. The maximum Gasteiger partial charge on any atom is 0.255 e. The van der Waals surface area contributed by atoms with Gasteiger partial charge in [-0.2, -0.15) is 0 Å². The third kappa shape index (κ3) is 3.83. The number of rotatable bonds is 4. The summed E-state index contributed by atoms with van der Waals surface area (Å²) in [4.78, 5) is 11.7. The van der Waals surface area contributed by atoms with Gasteiger partial charge < -0.3 is 15.2 Å². The third-order valence-corrected chi connectivity index (χ3v) is 2.22. The van der Waals surface area contributed by atoms with E-state index in [1.807, 2.05) is 19.9 Å². The van der Waals surface area contributed by atoms with E-state index in [0.717, 1.165) is 5.57 Å². The summed E-state index contributed by atoms with van der Waals surface area (Å²) in [6.45, 7) is 4.36. The molecule has 0 aliphatic carbocycles. The van der Waals surface area contributed by atoms with Crippen molar-refractivity contribution in [2.75, 3.05) is 13.7 Å². The van der Waals surface area contributed by atoms with Gasteiger partial charge in [0, 0.05) is 12.6 Å². The fraction of sp³-hybridized carbons (Fsp3) is 0.308. The summed E-state index contributed by atoms with van der Waals surface area (Å²) in [6, 6.07) is 4.58. The number of methoxy groups -OCH3 is 1. The fourth-order valence-electron chi connectivity index (χ4n) is 1.27. The second-order valence-electron chi connectivity index (χ2n) is 3.87. The largest absolute Gasteiger partial charge is 0.507 e. The zero-order valence-electron chi connectivity index (χ0n) is 10.3. The van der Waals surface area contributed by atoms with Crippen LogP contribution in [0.2, 0.25) is 0 Å². The van der Waals surface area contributed by atoms with E-state index in [9.17, 15) is 9.90 Å². The van der Waals surface area contributed by atoms with Crippen LogP contribution in [-0.4, -0.2) is 24.7 Å². The number of allylic oxidation sites excluding steroid dienone is 1. The number of phenolic OH excluding ortho intramolecular Hbond substituents is 1. The van der Waals surface area contributed by atoms with Crippen LogP contribution in [0.25, 0.3) is 0 Å². The summed E-state index contributed by atoms with van der Waals surface area (Å²) < 4.78 is 4.94. The van der Waals surface area contributed by atoms with Crippen molar-refractivity contribution in [3.8, 4) is 11.5 Å². The summed E-state index contributed by atoms with van der Waals surface area (Å²) in [5.41, 5.74) is 1.37. The average Bonchev–Trinajstić information content (AvgIpc) is 2.28. The lowest BCUT2D eigenvalue weighted by Crippen LogP contribution is -2.23. The molecule has 0 radical (unpaired) electrons. The minimum atomic E-state index is -0.303. The number of amides is 1. The van der Waals surface area contributed by atoms with Crippen molar-refractivity contribution < 1.29 is 14.6 Å². The molecule has 0 spiro atoms. The Labute approximate surface area is 101 Å². The highest BCUT2D eigenvalue weighted by atomic mass is 16.5. The number of nitrogens with one attached hydrogen (secondary N) is 1. The molecular weight excluding hydrogens is 218 g/mol. The molecule has 0 aliphatic heterocycles. The Morgan fingerprint density at radius 1 is 1.47 bits per heavy atom. The van der Waals surface area contributed by atoms with Crippen LogP contribution < -0.4 is 10.1 Å². The van der Waals surface area contributed by atoms with Crippen molar-refractivity contribution in [1.82, 2.24) is 5.32 Å². The van der Waals surface area contributed by atoms with Crippen molar-refractivity contribution in [3.05, 3.63) is 35.4 Å². The number of carbonyl (C=O) groups is 1. The normalized spacial score (nSPS) is 9.59. The summed E-state index contributed by atoms with van der Waals surface area (Å²) in [6.07, 6.45) is 1.90. The molecule has 0 unspecified atom stereocenters. The Hall–Kier alpha value is -1.97. The van der Waals surface area contributed by atoms with Crippen molar-refractivity contribution >= 4 is 5.91 Å². The first-order valence-electron chi connectivity index (χ1n) is 5.33. The van der Waals surface area contributed by atoms with E-state index < -0.39 is 0 Å². The molecule has 0 aromatic heterocycles. The van der Waals surface area contributed by atoms with E-state index in [2.05, 4.69) is 5.32 Å². The van der Waals surface area contributed by atoms with Crippen LogP contribution in [0.15, 0.2) is 29.8 Å². The van der Waals surface area contributed by atoms with Gasteiger partial charge in [0.25, 0.3) is 5.91 Å². The predicted molar refractivity (Wildman–Crippen MR) is 66.4 cm³/mol. The number of carbonyl (C=O) groups excluding carboxylic acids is 1. The van der Waals surface area contributed by atoms with E-state index in [-0.39, 0.29) is 17.2 Å². The van der Waals surface area contributed by atoms with Crippen LogP contribution in [0.3, 0.4) is 0 Å². The Bertz CT molecular complexity index is 434. The molecule has 0 saturated carbocycles. The molecule has 4 nitrogen and oxygen atoms in total. The van der Waals surface area contributed by atoms with Gasteiger partial charge in [0.05, 0.1) is 12.7 Å². The van der Waals surface area contributed by atoms with Crippen molar-refractivity contribution in [2.24, 2.45) is 0 Å². The Morgan fingerprint density at radius 3 is 2.71 bits per heavy atom. The highest BCUT2D eigenvalue weighted by molar-refractivity contribution is 5.97. The van der Waals surface area contributed by atoms with Gasteiger partial charge in [0.2, 0.25) is 0 Å². The lowest BCUT2D eigenvalue weighted by Gasteiger charge is -2.06. The third-order valence-electron chi connectivity index (χ3n) is 2.22. The van der Waals surface area contributed by atoms with Gasteiger partial charge in [0.1, 0.15) is 11.5 Å². The fourth-order valence-corrected chi connectivity index (χ4v) is 1.27. The zero-order chi connectivity index (χ0) is 12.8. The highest BCUT2D eigenvalue weighted by Gasteiger charge is 2.10. The van der Waals surface area contributed by atoms with Crippen LogP contribution in [-0.2, 0) is 0 Å². The smallest absolute Gasteiger partial charge is 0.255 e. The van der Waals surface area contributed by atoms with Crippen molar-refractivity contribution in [2.45, 2.75) is 13.8 Å². The molecule has 17 heavy (non-hydrogen) atoms. The number of hydrogen-bond donors (Lipinski definition) is 2. The molecule has 0 bridgehead atoms. The quantitative estimate of drug-likeness (QED) is 0.786. The summed E-state index contributed by atoms with van der Waals surface area (Å²) >= 11 is 0. The maximum atomic E-state index is 11.7. The first-order chi connectivity index (χ1) is 8.04. The average molecular weight is 235 g/mol. The predicted octanol–water partition coefficient (Wildman–Crippen LogP) is 2.10. The monoisotopic (exact) mass is 235 g/mol. The van der Waals surface area contributed by atoms with Crippen molar-refractivity contribution in [3.63, 3.8) is 0 Å². The number of ether oxygens (including phenoxy) is 1. The molecule has 1 amide bonds. The lowest BCUT2D eigenvalue weighted by atomic mass is 10.2. The molecule has 0 heterocycles. The number of hydrogen-bond acceptors (Lipinski definition) is 3. The zero-order valence-corrected chi connectivity index (χ0v) is 10.3. The maximum absolute atomic E-state index is 11.7. The topological polar surface area (TPSA) is 58.6 Å².